The third kappa shape index (κ3) is 6.67. The van der Waals surface area contributed by atoms with Crippen molar-refractivity contribution in [2.45, 2.75) is 18.9 Å². The number of carbonyl (C=O) groups excluding carboxylic acids is 1. The van der Waals surface area contributed by atoms with Crippen molar-refractivity contribution in [3.63, 3.8) is 0 Å². The maximum atomic E-state index is 12.1. The number of carbonyl (C=O) groups is 2. The predicted octanol–water partition coefficient (Wildman–Crippen LogP) is 3.19. The van der Waals surface area contributed by atoms with Gasteiger partial charge in [-0.15, -0.1) is 0 Å². The number of rotatable bonds is 9. The van der Waals surface area contributed by atoms with Gasteiger partial charge < -0.3 is 10.0 Å². The standard InChI is InChI=1S/C14H19NO3S3/c1-15(13(16)8-9-20-21-19-2)12(14(17)18)10-11-6-4-3-5-7-11/h3-7,12H,8-10H2,1-2H3,(H,17,18)/t12-/m0/s1. The molecule has 0 unspecified atom stereocenters. The van der Waals surface area contributed by atoms with Crippen LogP contribution in [0.5, 0.6) is 0 Å². The molecule has 0 saturated carbocycles. The van der Waals surface area contributed by atoms with Crippen molar-refractivity contribution < 1.29 is 14.7 Å². The molecule has 0 aromatic heterocycles. The molecule has 1 rings (SSSR count). The average Bonchev–Trinajstić information content (AvgIpc) is 2.49. The van der Waals surface area contributed by atoms with Crippen LogP contribution in [0, 0.1) is 0 Å². The van der Waals surface area contributed by atoms with Gasteiger partial charge in [0.2, 0.25) is 5.91 Å². The van der Waals surface area contributed by atoms with Gasteiger partial charge in [0.1, 0.15) is 6.04 Å². The molecule has 4 nitrogen and oxygen atoms in total. The topological polar surface area (TPSA) is 57.6 Å². The van der Waals surface area contributed by atoms with Crippen LogP contribution in [0.2, 0.25) is 0 Å². The minimum atomic E-state index is -0.971. The number of hydrogen-bond donors (Lipinski definition) is 1. The van der Waals surface area contributed by atoms with Gasteiger partial charge in [-0.05, 0) is 21.6 Å². The number of hydrogen-bond acceptors (Lipinski definition) is 5. The Balaban J connectivity index is 2.58. The van der Waals surface area contributed by atoms with Crippen LogP contribution >= 0.6 is 31.4 Å². The number of benzene rings is 1. The quantitative estimate of drug-likeness (QED) is 0.548. The summed E-state index contributed by atoms with van der Waals surface area (Å²) >= 11 is 0. The van der Waals surface area contributed by atoms with Crippen LogP contribution in [-0.2, 0) is 16.0 Å². The Bertz CT molecular complexity index is 456. The molecule has 0 aliphatic carbocycles. The molecule has 1 N–H and O–H groups in total. The van der Waals surface area contributed by atoms with Crippen LogP contribution < -0.4 is 0 Å². The highest BCUT2D eigenvalue weighted by molar-refractivity contribution is 9.09. The van der Waals surface area contributed by atoms with Crippen molar-refractivity contribution in [3.8, 4) is 0 Å². The van der Waals surface area contributed by atoms with E-state index in [1.54, 1.807) is 38.5 Å². The minimum Gasteiger partial charge on any atom is -0.480 e. The number of nitrogens with zero attached hydrogens (tertiary/aromatic N) is 1. The van der Waals surface area contributed by atoms with Crippen molar-refractivity contribution in [3.05, 3.63) is 35.9 Å². The Labute approximate surface area is 136 Å². The minimum absolute atomic E-state index is 0.132. The average molecular weight is 346 g/mol. The Morgan fingerprint density at radius 3 is 2.52 bits per heavy atom. The summed E-state index contributed by atoms with van der Waals surface area (Å²) in [6.07, 6.45) is 2.66. The summed E-state index contributed by atoms with van der Waals surface area (Å²) in [6, 6.07) is 8.55. The summed E-state index contributed by atoms with van der Waals surface area (Å²) in [5, 5.41) is 9.36. The Kier molecular flexibility index (Phi) is 8.72. The van der Waals surface area contributed by atoms with E-state index in [4.69, 9.17) is 0 Å². The van der Waals surface area contributed by atoms with E-state index in [1.807, 2.05) is 36.6 Å². The van der Waals surface area contributed by atoms with E-state index in [1.165, 1.54) is 4.90 Å². The molecule has 21 heavy (non-hydrogen) atoms. The highest BCUT2D eigenvalue weighted by Gasteiger charge is 2.26. The van der Waals surface area contributed by atoms with Gasteiger partial charge in [-0.3, -0.25) is 4.79 Å². The summed E-state index contributed by atoms with van der Waals surface area (Å²) in [4.78, 5) is 24.8. The number of amides is 1. The van der Waals surface area contributed by atoms with E-state index < -0.39 is 12.0 Å². The van der Waals surface area contributed by atoms with Crippen molar-refractivity contribution in [1.82, 2.24) is 4.90 Å². The summed E-state index contributed by atoms with van der Waals surface area (Å²) < 4.78 is 0. The third-order valence-electron chi connectivity index (χ3n) is 2.93. The molecular formula is C14H19NO3S3. The van der Waals surface area contributed by atoms with Gasteiger partial charge in [-0.2, -0.15) is 0 Å². The van der Waals surface area contributed by atoms with Gasteiger partial charge in [0, 0.05) is 25.6 Å². The second kappa shape index (κ2) is 10.0. The molecule has 0 fully saturated rings. The van der Waals surface area contributed by atoms with Crippen LogP contribution in [0.1, 0.15) is 12.0 Å². The van der Waals surface area contributed by atoms with E-state index in [-0.39, 0.29) is 5.91 Å². The first-order valence-corrected chi connectivity index (χ1v) is 10.5. The molecule has 116 valence electrons. The third-order valence-corrected chi connectivity index (χ3v) is 6.82. The van der Waals surface area contributed by atoms with Crippen LogP contribution in [0.4, 0.5) is 0 Å². The molecular weight excluding hydrogens is 326 g/mol. The summed E-state index contributed by atoms with van der Waals surface area (Å²) in [6.45, 7) is 0. The number of carboxylic acid groups (broad SMARTS) is 1. The molecule has 1 aromatic carbocycles. The largest absolute Gasteiger partial charge is 0.480 e. The van der Waals surface area contributed by atoms with Gasteiger partial charge in [0.15, 0.2) is 0 Å². The van der Waals surface area contributed by atoms with Crippen molar-refractivity contribution in [2.75, 3.05) is 19.1 Å². The Morgan fingerprint density at radius 2 is 1.95 bits per heavy atom. The van der Waals surface area contributed by atoms with Gasteiger partial charge in [-0.25, -0.2) is 4.79 Å². The zero-order valence-electron chi connectivity index (χ0n) is 12.0. The van der Waals surface area contributed by atoms with E-state index in [0.717, 1.165) is 5.56 Å². The molecule has 0 bridgehead atoms. The molecule has 1 amide bonds. The van der Waals surface area contributed by atoms with Gasteiger partial charge in [-0.1, -0.05) is 51.9 Å². The van der Waals surface area contributed by atoms with Crippen LogP contribution in [0.15, 0.2) is 30.3 Å². The first-order chi connectivity index (χ1) is 10.1. The van der Waals surface area contributed by atoms with Crippen molar-refractivity contribution in [2.24, 2.45) is 0 Å². The number of carboxylic acids is 1. The van der Waals surface area contributed by atoms with Crippen LogP contribution in [-0.4, -0.2) is 47.0 Å². The first-order valence-electron chi connectivity index (χ1n) is 6.41. The van der Waals surface area contributed by atoms with Gasteiger partial charge in [0.25, 0.3) is 0 Å². The molecule has 1 aromatic rings. The lowest BCUT2D eigenvalue weighted by Gasteiger charge is -2.25. The molecule has 0 heterocycles. The molecule has 7 heteroatoms. The molecule has 0 saturated heterocycles. The zero-order chi connectivity index (χ0) is 15.7. The molecule has 0 aliphatic heterocycles. The number of likely N-dealkylation sites (N-methyl/N-ethyl adjacent to an activating group) is 1. The Hall–Kier alpha value is -0.790. The zero-order valence-corrected chi connectivity index (χ0v) is 14.5. The van der Waals surface area contributed by atoms with Gasteiger partial charge in [0.05, 0.1) is 0 Å². The van der Waals surface area contributed by atoms with E-state index in [2.05, 4.69) is 0 Å². The summed E-state index contributed by atoms with van der Waals surface area (Å²) in [5.41, 5.74) is 0.914. The molecule has 1 atom stereocenters. The highest BCUT2D eigenvalue weighted by Crippen LogP contribution is 2.32. The first kappa shape index (κ1) is 18.3. The highest BCUT2D eigenvalue weighted by atomic mass is 33.5. The lowest BCUT2D eigenvalue weighted by molar-refractivity contribution is -0.148. The SMILES string of the molecule is CSSSCCC(=O)N(C)[C@@H](Cc1ccccc1)C(=O)O. The molecule has 0 radical (unpaired) electrons. The Morgan fingerprint density at radius 1 is 1.29 bits per heavy atom. The normalized spacial score (nSPS) is 11.9. The lowest BCUT2D eigenvalue weighted by atomic mass is 10.0. The maximum absolute atomic E-state index is 12.1. The molecule has 0 aliphatic rings. The van der Waals surface area contributed by atoms with E-state index >= 15 is 0 Å². The van der Waals surface area contributed by atoms with Crippen LogP contribution in [0.3, 0.4) is 0 Å². The van der Waals surface area contributed by atoms with Gasteiger partial charge >= 0.3 is 5.97 Å². The second-order valence-electron chi connectivity index (χ2n) is 4.36. The smallest absolute Gasteiger partial charge is 0.326 e. The van der Waals surface area contributed by atoms with Crippen molar-refractivity contribution in [1.29, 1.82) is 0 Å². The van der Waals surface area contributed by atoms with Crippen LogP contribution in [0.25, 0.3) is 0 Å². The fourth-order valence-corrected chi connectivity index (χ4v) is 4.43. The summed E-state index contributed by atoms with van der Waals surface area (Å²) in [5.74, 6) is -0.416. The maximum Gasteiger partial charge on any atom is 0.326 e. The summed E-state index contributed by atoms with van der Waals surface area (Å²) in [7, 11) is 6.43. The predicted molar refractivity (Wildman–Crippen MR) is 92.5 cm³/mol. The monoisotopic (exact) mass is 345 g/mol. The van der Waals surface area contributed by atoms with Crippen molar-refractivity contribution >= 4 is 43.3 Å². The fourth-order valence-electron chi connectivity index (χ4n) is 1.79. The van der Waals surface area contributed by atoms with E-state index in [0.29, 0.717) is 18.6 Å². The number of aliphatic carboxylic acids is 1. The fraction of sp³-hybridized carbons (Fsp3) is 0.429. The molecule has 0 spiro atoms. The second-order valence-corrected chi connectivity index (χ2v) is 8.81. The van der Waals surface area contributed by atoms with E-state index in [9.17, 15) is 14.7 Å². The lowest BCUT2D eigenvalue weighted by Crippen LogP contribution is -2.43.